The Hall–Kier alpha value is -1.06. The SMILES string of the molecule is COc1ccc(C(N)C2(CN)CC2)cc1C. The molecule has 1 saturated carbocycles. The molecule has 1 aromatic carbocycles. The van der Waals surface area contributed by atoms with E-state index in [1.807, 2.05) is 19.1 Å². The van der Waals surface area contributed by atoms with E-state index in [9.17, 15) is 0 Å². The minimum Gasteiger partial charge on any atom is -0.496 e. The highest BCUT2D eigenvalue weighted by molar-refractivity contribution is 5.38. The highest BCUT2D eigenvalue weighted by Gasteiger charge is 2.47. The predicted molar refractivity (Wildman–Crippen MR) is 65.4 cm³/mol. The zero-order valence-electron chi connectivity index (χ0n) is 9.99. The molecule has 2 rings (SSSR count). The van der Waals surface area contributed by atoms with Gasteiger partial charge in [-0.25, -0.2) is 0 Å². The fraction of sp³-hybridized carbons (Fsp3) is 0.538. The third-order valence-electron chi connectivity index (χ3n) is 3.74. The van der Waals surface area contributed by atoms with E-state index in [1.165, 1.54) is 5.56 Å². The molecule has 1 unspecified atom stereocenters. The van der Waals surface area contributed by atoms with Crippen LogP contribution in [0.3, 0.4) is 0 Å². The first-order chi connectivity index (χ1) is 7.63. The lowest BCUT2D eigenvalue weighted by atomic mass is 9.90. The summed E-state index contributed by atoms with van der Waals surface area (Å²) in [5.74, 6) is 0.911. The molecule has 0 radical (unpaired) electrons. The fourth-order valence-electron chi connectivity index (χ4n) is 2.25. The summed E-state index contributed by atoms with van der Waals surface area (Å²) in [5, 5.41) is 0. The maximum absolute atomic E-state index is 6.29. The first-order valence-electron chi connectivity index (χ1n) is 5.73. The molecular formula is C13H20N2O. The van der Waals surface area contributed by atoms with Crippen molar-refractivity contribution in [1.82, 2.24) is 0 Å². The maximum Gasteiger partial charge on any atom is 0.121 e. The molecule has 1 aliphatic carbocycles. The summed E-state index contributed by atoms with van der Waals surface area (Å²) in [6.07, 6.45) is 2.30. The van der Waals surface area contributed by atoms with Crippen molar-refractivity contribution in [2.75, 3.05) is 13.7 Å². The minimum atomic E-state index is 0.0575. The lowest BCUT2D eigenvalue weighted by molar-refractivity contribution is 0.406. The van der Waals surface area contributed by atoms with Gasteiger partial charge in [-0.2, -0.15) is 0 Å². The van der Waals surface area contributed by atoms with Crippen molar-refractivity contribution in [3.8, 4) is 5.75 Å². The Morgan fingerprint density at radius 2 is 2.12 bits per heavy atom. The lowest BCUT2D eigenvalue weighted by Gasteiger charge is -2.22. The van der Waals surface area contributed by atoms with Crippen molar-refractivity contribution in [2.45, 2.75) is 25.8 Å². The molecule has 1 atom stereocenters. The van der Waals surface area contributed by atoms with E-state index >= 15 is 0 Å². The molecule has 88 valence electrons. The van der Waals surface area contributed by atoms with Crippen LogP contribution in [0, 0.1) is 12.3 Å². The monoisotopic (exact) mass is 220 g/mol. The summed E-state index contributed by atoms with van der Waals surface area (Å²) in [6, 6.07) is 6.20. The molecule has 0 aliphatic heterocycles. The van der Waals surface area contributed by atoms with Crippen LogP contribution < -0.4 is 16.2 Å². The van der Waals surface area contributed by atoms with Gasteiger partial charge >= 0.3 is 0 Å². The quantitative estimate of drug-likeness (QED) is 0.812. The third kappa shape index (κ3) is 1.81. The Morgan fingerprint density at radius 3 is 2.56 bits per heavy atom. The van der Waals surface area contributed by atoms with Crippen LogP contribution in [-0.4, -0.2) is 13.7 Å². The van der Waals surface area contributed by atoms with Crippen molar-refractivity contribution in [1.29, 1.82) is 0 Å². The number of methoxy groups -OCH3 is 1. The van der Waals surface area contributed by atoms with Gasteiger partial charge in [0.1, 0.15) is 5.75 Å². The fourth-order valence-corrected chi connectivity index (χ4v) is 2.25. The van der Waals surface area contributed by atoms with Crippen molar-refractivity contribution in [2.24, 2.45) is 16.9 Å². The van der Waals surface area contributed by atoms with Gasteiger partial charge in [-0.15, -0.1) is 0 Å². The summed E-state index contributed by atoms with van der Waals surface area (Å²) >= 11 is 0. The Kier molecular flexibility index (Phi) is 2.91. The van der Waals surface area contributed by atoms with Gasteiger partial charge in [-0.1, -0.05) is 12.1 Å². The largest absolute Gasteiger partial charge is 0.496 e. The average molecular weight is 220 g/mol. The van der Waals surface area contributed by atoms with Crippen molar-refractivity contribution < 1.29 is 4.74 Å². The van der Waals surface area contributed by atoms with Crippen LogP contribution in [0.15, 0.2) is 18.2 Å². The number of hydrogen-bond acceptors (Lipinski definition) is 3. The zero-order valence-corrected chi connectivity index (χ0v) is 9.99. The molecule has 0 saturated heterocycles. The molecule has 16 heavy (non-hydrogen) atoms. The smallest absolute Gasteiger partial charge is 0.121 e. The molecule has 3 nitrogen and oxygen atoms in total. The van der Waals surface area contributed by atoms with Crippen LogP contribution in [0.5, 0.6) is 5.75 Å². The third-order valence-corrected chi connectivity index (χ3v) is 3.74. The molecule has 0 heterocycles. The Labute approximate surface area is 96.8 Å². The van der Waals surface area contributed by atoms with Crippen molar-refractivity contribution >= 4 is 0 Å². The van der Waals surface area contributed by atoms with E-state index in [0.717, 1.165) is 24.2 Å². The van der Waals surface area contributed by atoms with Gasteiger partial charge < -0.3 is 16.2 Å². The van der Waals surface area contributed by atoms with Crippen LogP contribution in [0.4, 0.5) is 0 Å². The molecule has 0 bridgehead atoms. The maximum atomic E-state index is 6.29. The molecule has 0 aromatic heterocycles. The molecule has 1 aromatic rings. The summed E-state index contributed by atoms with van der Waals surface area (Å²) in [6.45, 7) is 2.72. The normalized spacial score (nSPS) is 19.2. The van der Waals surface area contributed by atoms with E-state index < -0.39 is 0 Å². The highest BCUT2D eigenvalue weighted by Crippen LogP contribution is 2.53. The molecule has 0 spiro atoms. The summed E-state index contributed by atoms with van der Waals surface area (Å²) < 4.78 is 5.24. The minimum absolute atomic E-state index is 0.0575. The molecule has 4 N–H and O–H groups in total. The number of aryl methyl sites for hydroxylation is 1. The van der Waals surface area contributed by atoms with Gasteiger partial charge in [0.05, 0.1) is 7.11 Å². The number of ether oxygens (including phenoxy) is 1. The number of rotatable bonds is 4. The van der Waals surface area contributed by atoms with Gasteiger partial charge in [-0.05, 0) is 43.5 Å². The average Bonchev–Trinajstić information content (AvgIpc) is 3.09. The Bertz CT molecular complexity index is 386. The van der Waals surface area contributed by atoms with Gasteiger partial charge in [0.2, 0.25) is 0 Å². The molecule has 3 heteroatoms. The van der Waals surface area contributed by atoms with E-state index in [-0.39, 0.29) is 11.5 Å². The van der Waals surface area contributed by atoms with E-state index in [4.69, 9.17) is 16.2 Å². The van der Waals surface area contributed by atoms with Crippen molar-refractivity contribution in [3.63, 3.8) is 0 Å². The number of nitrogens with two attached hydrogens (primary N) is 2. The van der Waals surface area contributed by atoms with Crippen LogP contribution in [0.25, 0.3) is 0 Å². The van der Waals surface area contributed by atoms with Crippen LogP contribution in [-0.2, 0) is 0 Å². The second kappa shape index (κ2) is 4.07. The first kappa shape index (κ1) is 11.4. The Morgan fingerprint density at radius 1 is 1.44 bits per heavy atom. The van der Waals surface area contributed by atoms with E-state index in [0.29, 0.717) is 6.54 Å². The van der Waals surface area contributed by atoms with Crippen LogP contribution in [0.2, 0.25) is 0 Å². The summed E-state index contributed by atoms with van der Waals surface area (Å²) in [7, 11) is 1.68. The van der Waals surface area contributed by atoms with Crippen LogP contribution >= 0.6 is 0 Å². The number of hydrogen-bond donors (Lipinski definition) is 2. The second-order valence-corrected chi connectivity index (χ2v) is 4.77. The first-order valence-corrected chi connectivity index (χ1v) is 5.73. The second-order valence-electron chi connectivity index (χ2n) is 4.77. The molecule has 0 amide bonds. The standard InChI is InChI=1S/C13H20N2O/c1-9-7-10(3-4-11(9)16-2)12(15)13(8-14)5-6-13/h3-4,7,12H,5-6,8,14-15H2,1-2H3. The molecular weight excluding hydrogens is 200 g/mol. The van der Waals surface area contributed by atoms with E-state index in [2.05, 4.69) is 6.07 Å². The molecule has 1 aliphatic rings. The summed E-state index contributed by atoms with van der Waals surface area (Å²) in [4.78, 5) is 0. The van der Waals surface area contributed by atoms with Gasteiger partial charge in [0.25, 0.3) is 0 Å². The predicted octanol–water partition coefficient (Wildman–Crippen LogP) is 1.74. The number of benzene rings is 1. The summed E-state index contributed by atoms with van der Waals surface area (Å²) in [5.41, 5.74) is 14.5. The van der Waals surface area contributed by atoms with Gasteiger partial charge in [-0.3, -0.25) is 0 Å². The van der Waals surface area contributed by atoms with E-state index in [1.54, 1.807) is 7.11 Å². The topological polar surface area (TPSA) is 61.3 Å². The van der Waals surface area contributed by atoms with Gasteiger partial charge in [0, 0.05) is 11.5 Å². The zero-order chi connectivity index (χ0) is 11.8. The van der Waals surface area contributed by atoms with Gasteiger partial charge in [0.15, 0.2) is 0 Å². The van der Waals surface area contributed by atoms with Crippen LogP contribution in [0.1, 0.15) is 30.0 Å². The lowest BCUT2D eigenvalue weighted by Crippen LogP contribution is -2.29. The van der Waals surface area contributed by atoms with Crippen molar-refractivity contribution in [3.05, 3.63) is 29.3 Å². The molecule has 1 fully saturated rings. The Balaban J connectivity index is 2.24. The highest BCUT2D eigenvalue weighted by atomic mass is 16.5.